The van der Waals surface area contributed by atoms with Gasteiger partial charge in [-0.25, -0.2) is 4.39 Å². The molecule has 0 bridgehead atoms. The summed E-state index contributed by atoms with van der Waals surface area (Å²) in [5, 5.41) is 3.35. The molecule has 2 rings (SSSR count). The Labute approximate surface area is 110 Å². The smallest absolute Gasteiger partial charge is 0.139 e. The van der Waals surface area contributed by atoms with Gasteiger partial charge in [-0.1, -0.05) is 6.92 Å². The third-order valence-corrected chi connectivity index (χ3v) is 4.08. The van der Waals surface area contributed by atoms with Crippen molar-refractivity contribution in [2.45, 2.75) is 38.6 Å². The molecular weight excluding hydrogens is 283 g/mol. The number of halogens is 2. The maximum absolute atomic E-state index is 13.4. The van der Waals surface area contributed by atoms with Gasteiger partial charge in [0.2, 0.25) is 0 Å². The van der Waals surface area contributed by atoms with Gasteiger partial charge in [0, 0.05) is 12.1 Å². The van der Waals surface area contributed by atoms with Crippen molar-refractivity contribution in [2.75, 3.05) is 11.1 Å². The van der Waals surface area contributed by atoms with Gasteiger partial charge in [0.1, 0.15) is 5.82 Å². The summed E-state index contributed by atoms with van der Waals surface area (Å²) in [4.78, 5) is 0. The Morgan fingerprint density at radius 2 is 1.94 bits per heavy atom. The monoisotopic (exact) mass is 300 g/mol. The Morgan fingerprint density at radius 3 is 2.59 bits per heavy atom. The molecule has 0 radical (unpaired) electrons. The first-order valence-electron chi connectivity index (χ1n) is 6.07. The summed E-state index contributed by atoms with van der Waals surface area (Å²) in [7, 11) is 0. The van der Waals surface area contributed by atoms with E-state index in [0.717, 1.165) is 18.8 Å². The summed E-state index contributed by atoms with van der Waals surface area (Å²) < 4.78 is 13.8. The molecule has 0 aromatic heterocycles. The molecule has 0 atom stereocenters. The largest absolute Gasteiger partial charge is 0.397 e. The van der Waals surface area contributed by atoms with Crippen molar-refractivity contribution in [3.63, 3.8) is 0 Å². The first-order valence-corrected chi connectivity index (χ1v) is 6.86. The molecule has 0 spiro atoms. The first kappa shape index (κ1) is 12.7. The Hall–Kier alpha value is -0.770. The molecule has 0 unspecified atom stereocenters. The molecule has 1 aromatic rings. The summed E-state index contributed by atoms with van der Waals surface area (Å²) in [6, 6.07) is 3.51. The van der Waals surface area contributed by atoms with Crippen LogP contribution in [-0.2, 0) is 0 Å². The van der Waals surface area contributed by atoms with Gasteiger partial charge >= 0.3 is 0 Å². The van der Waals surface area contributed by atoms with Gasteiger partial charge in [0.25, 0.3) is 0 Å². The predicted octanol–water partition coefficient (Wildman–Crippen LogP) is 4.16. The Kier molecular flexibility index (Phi) is 3.92. The number of nitrogen functional groups attached to an aromatic ring is 1. The summed E-state index contributed by atoms with van der Waals surface area (Å²) in [6.07, 6.45) is 4.74. The van der Waals surface area contributed by atoms with Gasteiger partial charge in [-0.2, -0.15) is 0 Å². The zero-order valence-corrected chi connectivity index (χ0v) is 11.6. The highest BCUT2D eigenvalue weighted by Crippen LogP contribution is 2.30. The van der Waals surface area contributed by atoms with Crippen LogP contribution in [0.5, 0.6) is 0 Å². The van der Waals surface area contributed by atoms with Crippen molar-refractivity contribution >= 4 is 27.3 Å². The van der Waals surface area contributed by atoms with E-state index in [1.54, 1.807) is 6.07 Å². The number of anilines is 2. The maximum atomic E-state index is 13.4. The van der Waals surface area contributed by atoms with E-state index in [4.69, 9.17) is 5.73 Å². The van der Waals surface area contributed by atoms with Gasteiger partial charge in [-0.05, 0) is 53.6 Å². The van der Waals surface area contributed by atoms with Gasteiger partial charge < -0.3 is 11.1 Å². The molecule has 1 aromatic carbocycles. The van der Waals surface area contributed by atoms with Crippen molar-refractivity contribution in [1.82, 2.24) is 0 Å². The SMILES string of the molecule is CC1CCC(Nc2cc(F)c(Br)cc2N)CC1. The van der Waals surface area contributed by atoms with E-state index in [0.29, 0.717) is 21.9 Å². The fourth-order valence-electron chi connectivity index (χ4n) is 2.31. The quantitative estimate of drug-likeness (QED) is 0.805. The second-order valence-electron chi connectivity index (χ2n) is 4.95. The van der Waals surface area contributed by atoms with Crippen LogP contribution in [0, 0.1) is 11.7 Å². The summed E-state index contributed by atoms with van der Waals surface area (Å²) >= 11 is 3.13. The molecular formula is C13H18BrFN2. The van der Waals surface area contributed by atoms with Crippen LogP contribution in [0.15, 0.2) is 16.6 Å². The van der Waals surface area contributed by atoms with E-state index >= 15 is 0 Å². The van der Waals surface area contributed by atoms with E-state index < -0.39 is 0 Å². The molecule has 1 aliphatic carbocycles. The Balaban J connectivity index is 2.06. The minimum Gasteiger partial charge on any atom is -0.397 e. The number of hydrogen-bond donors (Lipinski definition) is 2. The highest BCUT2D eigenvalue weighted by atomic mass is 79.9. The molecule has 2 nitrogen and oxygen atoms in total. The molecule has 0 saturated heterocycles. The summed E-state index contributed by atoms with van der Waals surface area (Å²) in [5.74, 6) is 0.540. The number of nitrogens with two attached hydrogens (primary N) is 1. The summed E-state index contributed by atoms with van der Waals surface area (Å²) in [5.41, 5.74) is 7.18. The van der Waals surface area contributed by atoms with E-state index in [1.165, 1.54) is 18.9 Å². The predicted molar refractivity (Wildman–Crippen MR) is 73.6 cm³/mol. The molecule has 0 heterocycles. The van der Waals surface area contributed by atoms with Crippen LogP contribution in [0.3, 0.4) is 0 Å². The fourth-order valence-corrected chi connectivity index (χ4v) is 2.67. The van der Waals surface area contributed by atoms with Crippen LogP contribution in [0.25, 0.3) is 0 Å². The number of benzene rings is 1. The van der Waals surface area contributed by atoms with Crippen molar-refractivity contribution in [1.29, 1.82) is 0 Å². The van der Waals surface area contributed by atoms with Crippen LogP contribution < -0.4 is 11.1 Å². The van der Waals surface area contributed by atoms with Gasteiger partial charge in [-0.15, -0.1) is 0 Å². The average Bonchev–Trinajstić information content (AvgIpc) is 2.29. The zero-order valence-electron chi connectivity index (χ0n) is 9.97. The normalized spacial score (nSPS) is 24.6. The van der Waals surface area contributed by atoms with E-state index in [-0.39, 0.29) is 5.82 Å². The first-order chi connectivity index (χ1) is 8.06. The van der Waals surface area contributed by atoms with E-state index in [2.05, 4.69) is 28.2 Å². The fraction of sp³-hybridized carbons (Fsp3) is 0.538. The summed E-state index contributed by atoms with van der Waals surface area (Å²) in [6.45, 7) is 2.28. The molecule has 0 aliphatic heterocycles. The van der Waals surface area contributed by atoms with Gasteiger partial charge in [-0.3, -0.25) is 0 Å². The van der Waals surface area contributed by atoms with Crippen LogP contribution >= 0.6 is 15.9 Å². The lowest BCUT2D eigenvalue weighted by atomic mass is 9.87. The third kappa shape index (κ3) is 3.12. The van der Waals surface area contributed by atoms with Crippen LogP contribution in [0.4, 0.5) is 15.8 Å². The lowest BCUT2D eigenvalue weighted by Crippen LogP contribution is -2.25. The standard InChI is InChI=1S/C13H18BrFN2/c1-8-2-4-9(5-3-8)17-13-7-11(15)10(14)6-12(13)16/h6-9,17H,2-5,16H2,1H3. The van der Waals surface area contributed by atoms with E-state index in [9.17, 15) is 4.39 Å². The van der Waals surface area contributed by atoms with Crippen molar-refractivity contribution < 1.29 is 4.39 Å². The van der Waals surface area contributed by atoms with Crippen LogP contribution in [0.1, 0.15) is 32.6 Å². The molecule has 4 heteroatoms. The minimum atomic E-state index is -0.272. The zero-order chi connectivity index (χ0) is 12.4. The lowest BCUT2D eigenvalue weighted by molar-refractivity contribution is 0.361. The molecule has 1 aliphatic rings. The van der Waals surface area contributed by atoms with Crippen molar-refractivity contribution in [3.8, 4) is 0 Å². The molecule has 1 saturated carbocycles. The van der Waals surface area contributed by atoms with Crippen molar-refractivity contribution in [2.24, 2.45) is 5.92 Å². The van der Waals surface area contributed by atoms with Gasteiger partial charge in [0.15, 0.2) is 0 Å². The molecule has 0 amide bonds. The maximum Gasteiger partial charge on any atom is 0.139 e. The average molecular weight is 301 g/mol. The Bertz CT molecular complexity index is 401. The minimum absolute atomic E-state index is 0.272. The highest BCUT2D eigenvalue weighted by Gasteiger charge is 2.19. The van der Waals surface area contributed by atoms with Crippen molar-refractivity contribution in [3.05, 3.63) is 22.4 Å². The number of hydrogen-bond acceptors (Lipinski definition) is 2. The van der Waals surface area contributed by atoms with Crippen LogP contribution in [0.2, 0.25) is 0 Å². The molecule has 3 N–H and O–H groups in total. The molecule has 94 valence electrons. The molecule has 17 heavy (non-hydrogen) atoms. The molecule has 1 fully saturated rings. The Morgan fingerprint density at radius 1 is 1.29 bits per heavy atom. The van der Waals surface area contributed by atoms with E-state index in [1.807, 2.05) is 0 Å². The number of nitrogens with one attached hydrogen (secondary N) is 1. The highest BCUT2D eigenvalue weighted by molar-refractivity contribution is 9.10. The number of rotatable bonds is 2. The second kappa shape index (κ2) is 5.25. The van der Waals surface area contributed by atoms with Crippen LogP contribution in [-0.4, -0.2) is 6.04 Å². The third-order valence-electron chi connectivity index (χ3n) is 3.47. The topological polar surface area (TPSA) is 38.0 Å². The lowest BCUT2D eigenvalue weighted by Gasteiger charge is -2.28. The second-order valence-corrected chi connectivity index (χ2v) is 5.81. The van der Waals surface area contributed by atoms with Gasteiger partial charge in [0.05, 0.1) is 15.8 Å².